The summed E-state index contributed by atoms with van der Waals surface area (Å²) >= 11 is 0. The largest absolute Gasteiger partial charge is 0.496 e. The highest BCUT2D eigenvalue weighted by Gasteiger charge is 2.04. The monoisotopic (exact) mass is 207 g/mol. The summed E-state index contributed by atoms with van der Waals surface area (Å²) in [4.78, 5) is 0. The molecule has 1 aromatic rings. The van der Waals surface area contributed by atoms with Crippen molar-refractivity contribution in [3.8, 4) is 5.75 Å². The lowest BCUT2D eigenvalue weighted by Crippen LogP contribution is -2.24. The Kier molecular flexibility index (Phi) is 4.63. The molecule has 15 heavy (non-hydrogen) atoms. The fraction of sp³-hybridized carbons (Fsp3) is 0.538. The van der Waals surface area contributed by atoms with Crippen molar-refractivity contribution in [1.29, 1.82) is 0 Å². The zero-order valence-corrected chi connectivity index (χ0v) is 10.1. The standard InChI is InChI=1S/C13H21NO/c1-5-11(3)14-9-12-8-10(2)6-7-13(12)15-4/h6-8,11,14H,5,9H2,1-4H3/t11-/m0/s1. The van der Waals surface area contributed by atoms with Gasteiger partial charge in [0.05, 0.1) is 7.11 Å². The van der Waals surface area contributed by atoms with Crippen LogP contribution in [0.5, 0.6) is 5.75 Å². The van der Waals surface area contributed by atoms with Gasteiger partial charge in [-0.2, -0.15) is 0 Å². The molecule has 0 amide bonds. The molecule has 2 nitrogen and oxygen atoms in total. The van der Waals surface area contributed by atoms with Gasteiger partial charge in [-0.3, -0.25) is 0 Å². The second kappa shape index (κ2) is 5.76. The van der Waals surface area contributed by atoms with Crippen molar-refractivity contribution >= 4 is 0 Å². The number of rotatable bonds is 5. The fourth-order valence-electron chi connectivity index (χ4n) is 1.47. The molecule has 0 bridgehead atoms. The highest BCUT2D eigenvalue weighted by Crippen LogP contribution is 2.19. The van der Waals surface area contributed by atoms with Crippen molar-refractivity contribution < 1.29 is 4.74 Å². The molecule has 0 saturated carbocycles. The maximum atomic E-state index is 5.33. The first kappa shape index (κ1) is 12.1. The number of hydrogen-bond acceptors (Lipinski definition) is 2. The third-order valence-electron chi connectivity index (χ3n) is 2.69. The summed E-state index contributed by atoms with van der Waals surface area (Å²) in [7, 11) is 1.72. The molecule has 0 saturated heterocycles. The number of nitrogens with one attached hydrogen (secondary N) is 1. The van der Waals surface area contributed by atoms with Gasteiger partial charge in [0, 0.05) is 18.2 Å². The third kappa shape index (κ3) is 3.56. The van der Waals surface area contributed by atoms with Crippen molar-refractivity contribution in [1.82, 2.24) is 5.32 Å². The van der Waals surface area contributed by atoms with E-state index < -0.39 is 0 Å². The summed E-state index contributed by atoms with van der Waals surface area (Å²) in [6.45, 7) is 7.36. The zero-order chi connectivity index (χ0) is 11.3. The molecule has 2 heteroatoms. The van der Waals surface area contributed by atoms with Crippen LogP contribution in [0.3, 0.4) is 0 Å². The number of methoxy groups -OCH3 is 1. The second-order valence-electron chi connectivity index (χ2n) is 4.01. The molecule has 0 aliphatic rings. The molecule has 1 rings (SSSR count). The molecule has 1 atom stereocenters. The van der Waals surface area contributed by atoms with E-state index in [1.807, 2.05) is 6.07 Å². The maximum absolute atomic E-state index is 5.33. The van der Waals surface area contributed by atoms with Crippen molar-refractivity contribution in [2.75, 3.05) is 7.11 Å². The van der Waals surface area contributed by atoms with E-state index in [1.54, 1.807) is 7.11 Å². The van der Waals surface area contributed by atoms with Crippen LogP contribution in [0.25, 0.3) is 0 Å². The molecule has 0 spiro atoms. The Hall–Kier alpha value is -1.02. The molecule has 84 valence electrons. The van der Waals surface area contributed by atoms with Gasteiger partial charge >= 0.3 is 0 Å². The van der Waals surface area contributed by atoms with Gasteiger partial charge in [0.15, 0.2) is 0 Å². The average molecular weight is 207 g/mol. The predicted molar refractivity (Wildman–Crippen MR) is 64.3 cm³/mol. The Bertz CT molecular complexity index is 309. The van der Waals surface area contributed by atoms with E-state index in [0.29, 0.717) is 6.04 Å². The zero-order valence-electron chi connectivity index (χ0n) is 10.1. The first-order valence-electron chi connectivity index (χ1n) is 5.54. The van der Waals surface area contributed by atoms with Gasteiger partial charge in [-0.15, -0.1) is 0 Å². The third-order valence-corrected chi connectivity index (χ3v) is 2.69. The Morgan fingerprint density at radius 3 is 2.73 bits per heavy atom. The fourth-order valence-corrected chi connectivity index (χ4v) is 1.47. The van der Waals surface area contributed by atoms with Crippen LogP contribution < -0.4 is 10.1 Å². The molecule has 0 radical (unpaired) electrons. The van der Waals surface area contributed by atoms with Crippen LogP contribution in [-0.4, -0.2) is 13.2 Å². The molecule has 0 aliphatic carbocycles. The molecular weight excluding hydrogens is 186 g/mol. The average Bonchev–Trinajstić information content (AvgIpc) is 2.26. The lowest BCUT2D eigenvalue weighted by atomic mass is 10.1. The Morgan fingerprint density at radius 2 is 2.13 bits per heavy atom. The molecule has 1 aromatic carbocycles. The molecule has 0 unspecified atom stereocenters. The van der Waals surface area contributed by atoms with Crippen LogP contribution in [0.2, 0.25) is 0 Å². The summed E-state index contributed by atoms with van der Waals surface area (Å²) in [6.07, 6.45) is 1.15. The molecule has 0 fully saturated rings. The first-order chi connectivity index (χ1) is 7.17. The Labute approximate surface area is 92.6 Å². The molecule has 0 aliphatic heterocycles. The summed E-state index contributed by atoms with van der Waals surface area (Å²) in [5.74, 6) is 0.969. The molecular formula is C13H21NO. The highest BCUT2D eigenvalue weighted by atomic mass is 16.5. The molecule has 1 N–H and O–H groups in total. The first-order valence-corrected chi connectivity index (χ1v) is 5.54. The normalized spacial score (nSPS) is 12.5. The number of hydrogen-bond donors (Lipinski definition) is 1. The topological polar surface area (TPSA) is 21.3 Å². The van der Waals surface area contributed by atoms with Gasteiger partial charge in [-0.05, 0) is 26.3 Å². The summed E-state index contributed by atoms with van der Waals surface area (Å²) in [6, 6.07) is 6.83. The van der Waals surface area contributed by atoms with Crippen LogP contribution in [0.4, 0.5) is 0 Å². The number of benzene rings is 1. The van der Waals surface area contributed by atoms with Crippen LogP contribution in [0.1, 0.15) is 31.4 Å². The minimum absolute atomic E-state index is 0.551. The van der Waals surface area contributed by atoms with Crippen LogP contribution >= 0.6 is 0 Å². The van der Waals surface area contributed by atoms with E-state index in [-0.39, 0.29) is 0 Å². The van der Waals surface area contributed by atoms with E-state index in [4.69, 9.17) is 4.74 Å². The molecule has 0 heterocycles. The summed E-state index contributed by atoms with van der Waals surface area (Å²) < 4.78 is 5.33. The van der Waals surface area contributed by atoms with E-state index in [1.165, 1.54) is 11.1 Å². The lowest BCUT2D eigenvalue weighted by molar-refractivity contribution is 0.405. The van der Waals surface area contributed by atoms with E-state index in [9.17, 15) is 0 Å². The van der Waals surface area contributed by atoms with Crippen molar-refractivity contribution in [2.45, 2.75) is 39.8 Å². The summed E-state index contributed by atoms with van der Waals surface area (Å²) in [5, 5.41) is 3.47. The quantitative estimate of drug-likeness (QED) is 0.801. The van der Waals surface area contributed by atoms with Gasteiger partial charge in [0.2, 0.25) is 0 Å². The second-order valence-corrected chi connectivity index (χ2v) is 4.01. The number of ether oxygens (including phenoxy) is 1. The Balaban J connectivity index is 2.69. The van der Waals surface area contributed by atoms with E-state index in [2.05, 4.69) is 38.2 Å². The Morgan fingerprint density at radius 1 is 1.40 bits per heavy atom. The van der Waals surface area contributed by atoms with Crippen LogP contribution in [0.15, 0.2) is 18.2 Å². The van der Waals surface area contributed by atoms with Crippen LogP contribution in [-0.2, 0) is 6.54 Å². The SMILES string of the molecule is CC[C@H](C)NCc1cc(C)ccc1OC. The minimum Gasteiger partial charge on any atom is -0.496 e. The molecule has 0 aromatic heterocycles. The van der Waals surface area contributed by atoms with Crippen molar-refractivity contribution in [2.24, 2.45) is 0 Å². The highest BCUT2D eigenvalue weighted by molar-refractivity contribution is 5.36. The number of aryl methyl sites for hydroxylation is 1. The van der Waals surface area contributed by atoms with Crippen LogP contribution in [0, 0.1) is 6.92 Å². The van der Waals surface area contributed by atoms with E-state index >= 15 is 0 Å². The lowest BCUT2D eigenvalue weighted by Gasteiger charge is -2.14. The van der Waals surface area contributed by atoms with E-state index in [0.717, 1.165) is 18.7 Å². The van der Waals surface area contributed by atoms with Gasteiger partial charge < -0.3 is 10.1 Å². The van der Waals surface area contributed by atoms with Gasteiger partial charge in [-0.1, -0.05) is 24.6 Å². The smallest absolute Gasteiger partial charge is 0.123 e. The van der Waals surface area contributed by atoms with Crippen molar-refractivity contribution in [3.63, 3.8) is 0 Å². The van der Waals surface area contributed by atoms with Gasteiger partial charge in [-0.25, -0.2) is 0 Å². The maximum Gasteiger partial charge on any atom is 0.123 e. The predicted octanol–water partition coefficient (Wildman–Crippen LogP) is 2.89. The summed E-state index contributed by atoms with van der Waals surface area (Å²) in [5.41, 5.74) is 2.51. The minimum atomic E-state index is 0.551. The van der Waals surface area contributed by atoms with Gasteiger partial charge in [0.25, 0.3) is 0 Å². The van der Waals surface area contributed by atoms with Gasteiger partial charge in [0.1, 0.15) is 5.75 Å². The van der Waals surface area contributed by atoms with Crippen molar-refractivity contribution in [3.05, 3.63) is 29.3 Å².